The van der Waals surface area contributed by atoms with Crippen LogP contribution in [0, 0.1) is 5.41 Å². The Morgan fingerprint density at radius 3 is 2.50 bits per heavy atom. The topological polar surface area (TPSA) is 44.1 Å². The zero-order valence-electron chi connectivity index (χ0n) is 13.1. The van der Waals surface area contributed by atoms with Crippen LogP contribution in [0.5, 0.6) is 0 Å². The lowest BCUT2D eigenvalue weighted by atomic mass is 9.69. The molecule has 1 heterocycles. The summed E-state index contributed by atoms with van der Waals surface area (Å²) < 4.78 is 7.72. The van der Waals surface area contributed by atoms with E-state index >= 15 is 0 Å². The standard InChI is InChI=1S/C16H26N2O2/c1-5-18-13(7-12-17-18)14(19)16(20-6-2)10-8-15(3,4)9-11-16/h7,12H,5-6,8-11H2,1-4H3. The molecule has 0 bridgehead atoms. The highest BCUT2D eigenvalue weighted by atomic mass is 16.5. The van der Waals surface area contributed by atoms with Crippen molar-refractivity contribution in [2.75, 3.05) is 6.61 Å². The molecule has 1 fully saturated rings. The Morgan fingerprint density at radius 1 is 1.30 bits per heavy atom. The Balaban J connectivity index is 2.27. The monoisotopic (exact) mass is 278 g/mol. The highest BCUT2D eigenvalue weighted by Gasteiger charge is 2.45. The Bertz CT molecular complexity index is 467. The largest absolute Gasteiger partial charge is 0.367 e. The van der Waals surface area contributed by atoms with E-state index < -0.39 is 5.60 Å². The van der Waals surface area contributed by atoms with Crippen molar-refractivity contribution >= 4 is 5.78 Å². The number of ether oxygens (including phenoxy) is 1. The van der Waals surface area contributed by atoms with Gasteiger partial charge in [0.2, 0.25) is 5.78 Å². The van der Waals surface area contributed by atoms with Crippen LogP contribution in [0.1, 0.15) is 63.9 Å². The highest BCUT2D eigenvalue weighted by molar-refractivity contribution is 6.01. The fraction of sp³-hybridized carbons (Fsp3) is 0.750. The predicted octanol–water partition coefficient (Wildman–Crippen LogP) is 3.46. The summed E-state index contributed by atoms with van der Waals surface area (Å²) in [6.45, 7) is 9.79. The maximum Gasteiger partial charge on any atom is 0.212 e. The van der Waals surface area contributed by atoms with E-state index in [2.05, 4.69) is 18.9 Å². The van der Waals surface area contributed by atoms with Crippen LogP contribution in [0.25, 0.3) is 0 Å². The fourth-order valence-corrected chi connectivity index (χ4v) is 3.05. The van der Waals surface area contributed by atoms with E-state index in [9.17, 15) is 4.79 Å². The highest BCUT2D eigenvalue weighted by Crippen LogP contribution is 2.43. The van der Waals surface area contributed by atoms with Gasteiger partial charge in [0.25, 0.3) is 0 Å². The van der Waals surface area contributed by atoms with E-state index in [0.29, 0.717) is 24.3 Å². The third-order valence-corrected chi connectivity index (χ3v) is 4.49. The first-order valence-corrected chi connectivity index (χ1v) is 7.65. The molecule has 0 N–H and O–H groups in total. The zero-order valence-corrected chi connectivity index (χ0v) is 13.1. The number of nitrogens with zero attached hydrogens (tertiary/aromatic N) is 2. The lowest BCUT2D eigenvalue weighted by molar-refractivity contribution is -0.0585. The molecule has 112 valence electrons. The van der Waals surface area contributed by atoms with Crippen LogP contribution in [0.4, 0.5) is 0 Å². The van der Waals surface area contributed by atoms with Crippen LogP contribution in [-0.4, -0.2) is 27.8 Å². The minimum Gasteiger partial charge on any atom is -0.367 e. The number of Topliss-reactive ketones (excluding diaryl/α,β-unsaturated/α-hetero) is 1. The van der Waals surface area contributed by atoms with Crippen LogP contribution >= 0.6 is 0 Å². The number of carbonyl (C=O) groups excluding carboxylic acids is 1. The molecule has 2 rings (SSSR count). The average Bonchev–Trinajstić information content (AvgIpc) is 2.89. The summed E-state index contributed by atoms with van der Waals surface area (Å²) in [5.41, 5.74) is 0.351. The van der Waals surface area contributed by atoms with Crippen molar-refractivity contribution in [3.8, 4) is 0 Å². The van der Waals surface area contributed by atoms with Crippen LogP contribution in [0.3, 0.4) is 0 Å². The molecule has 4 heteroatoms. The van der Waals surface area contributed by atoms with Gasteiger partial charge in [-0.05, 0) is 51.0 Å². The molecule has 1 aliphatic rings. The number of ketones is 1. The summed E-state index contributed by atoms with van der Waals surface area (Å²) in [7, 11) is 0. The summed E-state index contributed by atoms with van der Waals surface area (Å²) in [5, 5.41) is 4.21. The van der Waals surface area contributed by atoms with Crippen molar-refractivity contribution in [1.82, 2.24) is 9.78 Å². The number of hydrogen-bond acceptors (Lipinski definition) is 3. The Morgan fingerprint density at radius 2 is 1.95 bits per heavy atom. The number of aromatic nitrogens is 2. The van der Waals surface area contributed by atoms with Crippen LogP contribution in [0.2, 0.25) is 0 Å². The summed E-state index contributed by atoms with van der Waals surface area (Å²) in [6, 6.07) is 1.81. The smallest absolute Gasteiger partial charge is 0.212 e. The Kier molecular flexibility index (Phi) is 4.33. The summed E-state index contributed by atoms with van der Waals surface area (Å²) in [4.78, 5) is 13.0. The molecule has 0 aromatic carbocycles. The molecule has 0 atom stereocenters. The van der Waals surface area contributed by atoms with E-state index in [1.54, 1.807) is 10.9 Å². The van der Waals surface area contributed by atoms with Gasteiger partial charge in [0, 0.05) is 19.3 Å². The lowest BCUT2D eigenvalue weighted by Gasteiger charge is -2.42. The van der Waals surface area contributed by atoms with E-state index in [1.807, 2.05) is 19.9 Å². The molecule has 0 spiro atoms. The zero-order chi connectivity index (χ0) is 14.8. The van der Waals surface area contributed by atoms with Crippen molar-refractivity contribution < 1.29 is 9.53 Å². The molecule has 0 unspecified atom stereocenters. The first-order chi connectivity index (χ1) is 9.44. The molecule has 0 radical (unpaired) electrons. The van der Waals surface area contributed by atoms with Crippen LogP contribution < -0.4 is 0 Å². The van der Waals surface area contributed by atoms with Gasteiger partial charge in [-0.25, -0.2) is 0 Å². The van der Waals surface area contributed by atoms with Gasteiger partial charge in [-0.1, -0.05) is 13.8 Å². The first kappa shape index (κ1) is 15.2. The van der Waals surface area contributed by atoms with Gasteiger partial charge in [-0.2, -0.15) is 5.10 Å². The minimum atomic E-state index is -0.642. The van der Waals surface area contributed by atoms with Gasteiger partial charge in [-0.15, -0.1) is 0 Å². The average molecular weight is 278 g/mol. The summed E-state index contributed by atoms with van der Waals surface area (Å²) in [6.07, 6.45) is 5.37. The summed E-state index contributed by atoms with van der Waals surface area (Å²) >= 11 is 0. The second-order valence-electron chi connectivity index (χ2n) is 6.45. The second kappa shape index (κ2) is 5.68. The van der Waals surface area contributed by atoms with E-state index in [1.165, 1.54) is 0 Å². The van der Waals surface area contributed by atoms with Crippen molar-refractivity contribution in [1.29, 1.82) is 0 Å². The third-order valence-electron chi connectivity index (χ3n) is 4.49. The predicted molar refractivity (Wildman–Crippen MR) is 78.8 cm³/mol. The maximum atomic E-state index is 13.0. The number of carbonyl (C=O) groups is 1. The van der Waals surface area contributed by atoms with E-state index in [0.717, 1.165) is 25.7 Å². The van der Waals surface area contributed by atoms with E-state index in [-0.39, 0.29) is 5.78 Å². The third kappa shape index (κ3) is 2.80. The molecule has 20 heavy (non-hydrogen) atoms. The molecule has 1 aromatic rings. The first-order valence-electron chi connectivity index (χ1n) is 7.65. The van der Waals surface area contributed by atoms with Crippen molar-refractivity contribution in [2.24, 2.45) is 5.41 Å². The number of hydrogen-bond donors (Lipinski definition) is 0. The Hall–Kier alpha value is -1.16. The molecule has 1 aromatic heterocycles. The van der Waals surface area contributed by atoms with Gasteiger partial charge >= 0.3 is 0 Å². The molecule has 1 aliphatic carbocycles. The molecule has 1 saturated carbocycles. The lowest BCUT2D eigenvalue weighted by Crippen LogP contribution is -2.47. The SMILES string of the molecule is CCOC1(C(=O)c2ccnn2CC)CCC(C)(C)CC1. The summed E-state index contributed by atoms with van der Waals surface area (Å²) in [5.74, 6) is 0.106. The van der Waals surface area contributed by atoms with Crippen LogP contribution in [-0.2, 0) is 11.3 Å². The van der Waals surface area contributed by atoms with E-state index in [4.69, 9.17) is 4.74 Å². The quantitative estimate of drug-likeness (QED) is 0.775. The van der Waals surface area contributed by atoms with Crippen LogP contribution in [0.15, 0.2) is 12.3 Å². The molecular formula is C16H26N2O2. The van der Waals surface area contributed by atoms with Gasteiger partial charge in [0.1, 0.15) is 11.3 Å². The number of aryl methyl sites for hydroxylation is 1. The number of rotatable bonds is 5. The van der Waals surface area contributed by atoms with Gasteiger partial charge in [0.15, 0.2) is 0 Å². The molecule has 0 amide bonds. The maximum absolute atomic E-state index is 13.0. The normalized spacial score (nSPS) is 20.8. The van der Waals surface area contributed by atoms with Gasteiger partial charge in [-0.3, -0.25) is 9.48 Å². The van der Waals surface area contributed by atoms with Crippen molar-refractivity contribution in [3.05, 3.63) is 18.0 Å². The van der Waals surface area contributed by atoms with Crippen molar-refractivity contribution in [3.63, 3.8) is 0 Å². The molecular weight excluding hydrogens is 252 g/mol. The molecule has 0 aliphatic heterocycles. The van der Waals surface area contributed by atoms with Gasteiger partial charge < -0.3 is 4.74 Å². The molecule has 4 nitrogen and oxygen atoms in total. The minimum absolute atomic E-state index is 0.106. The molecule has 0 saturated heterocycles. The Labute approximate surface area is 121 Å². The van der Waals surface area contributed by atoms with Crippen molar-refractivity contribution in [2.45, 2.75) is 65.5 Å². The van der Waals surface area contributed by atoms with Gasteiger partial charge in [0.05, 0.1) is 0 Å². The second-order valence-corrected chi connectivity index (χ2v) is 6.45. The fourth-order valence-electron chi connectivity index (χ4n) is 3.05.